The fourth-order valence-electron chi connectivity index (χ4n) is 2.83. The van der Waals surface area contributed by atoms with E-state index in [-0.39, 0.29) is 18.8 Å². The number of benzene rings is 1. The molecular weight excluding hydrogens is 387 g/mol. The van der Waals surface area contributed by atoms with Gasteiger partial charge in [0.2, 0.25) is 10.0 Å². The van der Waals surface area contributed by atoms with Gasteiger partial charge in [-0.3, -0.25) is 0 Å². The Morgan fingerprint density at radius 1 is 1.22 bits per heavy atom. The van der Waals surface area contributed by atoms with Gasteiger partial charge in [0.1, 0.15) is 17.6 Å². The number of hydrogen-bond acceptors (Lipinski definition) is 5. The first-order valence-corrected chi connectivity index (χ1v) is 9.45. The molecule has 0 spiro atoms. The Bertz CT molecular complexity index is 1000. The Morgan fingerprint density at radius 2 is 1.96 bits per heavy atom. The predicted molar refractivity (Wildman–Crippen MR) is 89.0 cm³/mol. The minimum atomic E-state index is -4.63. The number of hydrogen-bond donors (Lipinski definition) is 0. The van der Waals surface area contributed by atoms with Crippen LogP contribution in [0, 0.1) is 6.92 Å². The third-order valence-corrected chi connectivity index (χ3v) is 5.94. The van der Waals surface area contributed by atoms with E-state index in [1.54, 1.807) is 6.92 Å². The maximum absolute atomic E-state index is 12.8. The van der Waals surface area contributed by atoms with Gasteiger partial charge in [0.25, 0.3) is 0 Å². The third-order valence-electron chi connectivity index (χ3n) is 4.08. The average Bonchev–Trinajstić information content (AvgIpc) is 3.02. The molecule has 27 heavy (non-hydrogen) atoms. The fraction of sp³-hybridized carbons (Fsp3) is 0.353. The largest absolute Gasteiger partial charge is 0.489 e. The van der Waals surface area contributed by atoms with Gasteiger partial charge < -0.3 is 9.15 Å². The van der Waals surface area contributed by atoms with Crippen molar-refractivity contribution in [3.63, 3.8) is 0 Å². The second-order valence-electron chi connectivity index (χ2n) is 6.14. The van der Waals surface area contributed by atoms with Gasteiger partial charge in [-0.2, -0.15) is 17.5 Å². The number of nitrogens with zero attached hydrogens (tertiary/aromatic N) is 1. The zero-order valence-electron chi connectivity index (χ0n) is 14.2. The maximum atomic E-state index is 12.8. The van der Waals surface area contributed by atoms with Gasteiger partial charge in [-0.15, -0.1) is 0 Å². The number of ether oxygens (including phenoxy) is 1. The first-order valence-electron chi connectivity index (χ1n) is 8.01. The minimum Gasteiger partial charge on any atom is -0.489 e. The van der Waals surface area contributed by atoms with Crippen molar-refractivity contribution in [2.45, 2.75) is 30.5 Å². The summed E-state index contributed by atoms with van der Waals surface area (Å²) >= 11 is 0. The summed E-state index contributed by atoms with van der Waals surface area (Å²) in [5.41, 5.74) is -1.61. The molecule has 1 aromatic heterocycles. The van der Waals surface area contributed by atoms with Crippen LogP contribution < -0.4 is 10.4 Å². The molecule has 0 amide bonds. The van der Waals surface area contributed by atoms with E-state index in [1.165, 1.54) is 6.07 Å². The Kier molecular flexibility index (Phi) is 5.04. The number of sulfonamides is 1. The first kappa shape index (κ1) is 19.4. The molecule has 146 valence electrons. The summed E-state index contributed by atoms with van der Waals surface area (Å²) in [4.78, 5) is 10.9. The molecule has 1 saturated heterocycles. The zero-order chi connectivity index (χ0) is 19.8. The molecule has 1 atom stereocenters. The molecule has 1 unspecified atom stereocenters. The number of rotatable bonds is 4. The monoisotopic (exact) mass is 403 g/mol. The van der Waals surface area contributed by atoms with E-state index in [0.717, 1.165) is 28.6 Å². The Balaban J connectivity index is 1.77. The molecule has 1 aromatic carbocycles. The first-order chi connectivity index (χ1) is 12.6. The van der Waals surface area contributed by atoms with Crippen LogP contribution >= 0.6 is 0 Å². The standard InChI is InChI=1S/C17H16F3NO5S/c1-11-7-14(9-16(22)25-11)26-13-5-6-21(10-13)27(23,24)15-4-2-3-12(8-15)17(18,19)20/h2-4,7-9,13H,5-6,10H2,1H3. The number of alkyl halides is 3. The molecule has 3 rings (SSSR count). The summed E-state index contributed by atoms with van der Waals surface area (Å²) in [5, 5.41) is 0. The van der Waals surface area contributed by atoms with Crippen LogP contribution in [-0.2, 0) is 16.2 Å². The molecule has 0 saturated carbocycles. The number of aryl methyl sites for hydroxylation is 1. The minimum absolute atomic E-state index is 0.0299. The van der Waals surface area contributed by atoms with E-state index in [1.807, 2.05) is 0 Å². The van der Waals surface area contributed by atoms with Crippen molar-refractivity contribution in [3.8, 4) is 5.75 Å². The molecule has 0 bridgehead atoms. The summed E-state index contributed by atoms with van der Waals surface area (Å²) < 4.78 is 75.4. The van der Waals surface area contributed by atoms with Gasteiger partial charge in [0.05, 0.1) is 23.1 Å². The molecule has 0 aliphatic carbocycles. The lowest BCUT2D eigenvalue weighted by Gasteiger charge is -2.18. The molecule has 1 fully saturated rings. The van der Waals surface area contributed by atoms with E-state index in [4.69, 9.17) is 9.15 Å². The lowest BCUT2D eigenvalue weighted by Crippen LogP contribution is -2.31. The van der Waals surface area contributed by atoms with Crippen molar-refractivity contribution in [2.24, 2.45) is 0 Å². The highest BCUT2D eigenvalue weighted by molar-refractivity contribution is 7.89. The molecule has 0 N–H and O–H groups in total. The van der Waals surface area contributed by atoms with Crippen molar-refractivity contribution in [3.05, 3.63) is 58.1 Å². The summed E-state index contributed by atoms with van der Waals surface area (Å²) in [6.07, 6.45) is -4.81. The van der Waals surface area contributed by atoms with Crippen molar-refractivity contribution < 1.29 is 30.7 Å². The molecule has 0 radical (unpaired) electrons. The van der Waals surface area contributed by atoms with Gasteiger partial charge in [0, 0.05) is 12.6 Å². The van der Waals surface area contributed by atoms with Crippen molar-refractivity contribution >= 4 is 10.0 Å². The highest BCUT2D eigenvalue weighted by Gasteiger charge is 2.36. The second kappa shape index (κ2) is 7.01. The lowest BCUT2D eigenvalue weighted by molar-refractivity contribution is -0.137. The SMILES string of the molecule is Cc1cc(OC2CCN(S(=O)(=O)c3cccc(C(F)(F)F)c3)C2)cc(=O)o1. The fourth-order valence-corrected chi connectivity index (χ4v) is 4.36. The van der Waals surface area contributed by atoms with Crippen molar-refractivity contribution in [1.29, 1.82) is 0 Å². The Labute approximate surface area is 153 Å². The summed E-state index contributed by atoms with van der Waals surface area (Å²) in [6.45, 7) is 1.65. The van der Waals surface area contributed by atoms with Crippen LogP contribution in [0.2, 0.25) is 0 Å². The third kappa shape index (κ3) is 4.33. The topological polar surface area (TPSA) is 76.8 Å². The normalized spacial score (nSPS) is 18.6. The molecule has 2 aromatic rings. The van der Waals surface area contributed by atoms with E-state index >= 15 is 0 Å². The van der Waals surface area contributed by atoms with Gasteiger partial charge >= 0.3 is 11.8 Å². The van der Waals surface area contributed by atoms with E-state index in [2.05, 4.69) is 0 Å². The number of halogens is 3. The second-order valence-corrected chi connectivity index (χ2v) is 8.08. The highest BCUT2D eigenvalue weighted by Crippen LogP contribution is 2.32. The van der Waals surface area contributed by atoms with Gasteiger partial charge in [-0.1, -0.05) is 6.07 Å². The van der Waals surface area contributed by atoms with E-state index in [9.17, 15) is 26.4 Å². The van der Waals surface area contributed by atoms with Crippen LogP contribution in [0.3, 0.4) is 0 Å². The average molecular weight is 403 g/mol. The summed E-state index contributed by atoms with van der Waals surface area (Å²) in [6, 6.07) is 6.28. The molecular formula is C17H16F3NO5S. The maximum Gasteiger partial charge on any atom is 0.416 e. The smallest absolute Gasteiger partial charge is 0.416 e. The quantitative estimate of drug-likeness (QED) is 0.785. The van der Waals surface area contributed by atoms with Crippen LogP contribution in [0.5, 0.6) is 5.75 Å². The van der Waals surface area contributed by atoms with Crippen LogP contribution in [0.25, 0.3) is 0 Å². The van der Waals surface area contributed by atoms with Gasteiger partial charge in [-0.05, 0) is 31.5 Å². The van der Waals surface area contributed by atoms with Crippen LogP contribution in [0.15, 0.2) is 50.5 Å². The molecule has 2 heterocycles. The van der Waals surface area contributed by atoms with Crippen molar-refractivity contribution in [1.82, 2.24) is 4.31 Å². The highest BCUT2D eigenvalue weighted by atomic mass is 32.2. The summed E-state index contributed by atoms with van der Waals surface area (Å²) in [7, 11) is -4.09. The van der Waals surface area contributed by atoms with Gasteiger partial charge in [-0.25, -0.2) is 13.2 Å². The van der Waals surface area contributed by atoms with E-state index in [0.29, 0.717) is 18.2 Å². The summed E-state index contributed by atoms with van der Waals surface area (Å²) in [5.74, 6) is 0.607. The van der Waals surface area contributed by atoms with Crippen LogP contribution in [-0.4, -0.2) is 31.9 Å². The molecule has 1 aliphatic heterocycles. The Hall–Kier alpha value is -2.33. The Morgan fingerprint density at radius 3 is 2.63 bits per heavy atom. The lowest BCUT2D eigenvalue weighted by atomic mass is 10.2. The van der Waals surface area contributed by atoms with Crippen molar-refractivity contribution in [2.75, 3.05) is 13.1 Å². The molecule has 1 aliphatic rings. The predicted octanol–water partition coefficient (Wildman–Crippen LogP) is 2.81. The molecule has 10 heteroatoms. The van der Waals surface area contributed by atoms with E-state index < -0.39 is 38.4 Å². The van der Waals surface area contributed by atoms with Crippen LogP contribution in [0.4, 0.5) is 13.2 Å². The van der Waals surface area contributed by atoms with Gasteiger partial charge in [0.15, 0.2) is 0 Å². The zero-order valence-corrected chi connectivity index (χ0v) is 15.0. The molecule has 6 nitrogen and oxygen atoms in total. The van der Waals surface area contributed by atoms with Crippen LogP contribution in [0.1, 0.15) is 17.7 Å².